The topological polar surface area (TPSA) is 32.3 Å². The first-order valence-electron chi connectivity index (χ1n) is 7.56. The lowest BCUT2D eigenvalue weighted by Crippen LogP contribution is -2.32. The van der Waals surface area contributed by atoms with Crippen molar-refractivity contribution in [1.82, 2.24) is 4.90 Å². The first kappa shape index (κ1) is 16.2. The van der Waals surface area contributed by atoms with Crippen LogP contribution >= 0.6 is 11.6 Å². The van der Waals surface area contributed by atoms with E-state index in [1.54, 1.807) is 31.1 Å². The van der Waals surface area contributed by atoms with E-state index in [-0.39, 0.29) is 5.91 Å². The minimum atomic E-state index is -0.00121. The number of halogens is 1. The summed E-state index contributed by atoms with van der Waals surface area (Å²) in [6.45, 7) is 4.63. The molecule has 4 heteroatoms. The Morgan fingerprint density at radius 1 is 1.38 bits per heavy atom. The van der Waals surface area contributed by atoms with Gasteiger partial charge in [0.15, 0.2) is 0 Å². The second-order valence-electron chi connectivity index (χ2n) is 7.00. The number of hydrogen-bond donors (Lipinski definition) is 1. The van der Waals surface area contributed by atoms with Crippen LogP contribution in [0.1, 0.15) is 49.9 Å². The van der Waals surface area contributed by atoms with Gasteiger partial charge in [0, 0.05) is 25.7 Å². The van der Waals surface area contributed by atoms with Crippen LogP contribution in [0.3, 0.4) is 0 Å². The highest BCUT2D eigenvalue weighted by molar-refractivity contribution is 6.33. The van der Waals surface area contributed by atoms with Crippen molar-refractivity contribution in [3.8, 4) is 0 Å². The summed E-state index contributed by atoms with van der Waals surface area (Å²) in [5, 5.41) is 4.21. The molecule has 0 radical (unpaired) electrons. The Hall–Kier alpha value is -1.22. The Kier molecular flexibility index (Phi) is 4.82. The number of nitrogens with one attached hydrogen (secondary N) is 1. The fraction of sp³-hybridized carbons (Fsp3) is 0.588. The summed E-state index contributed by atoms with van der Waals surface area (Å²) in [5.41, 5.74) is 1.91. The second kappa shape index (κ2) is 6.27. The Bertz CT molecular complexity index is 526. The molecule has 1 fully saturated rings. The van der Waals surface area contributed by atoms with Crippen LogP contribution in [-0.2, 0) is 0 Å². The van der Waals surface area contributed by atoms with Crippen LogP contribution in [0.4, 0.5) is 5.69 Å². The average molecular weight is 309 g/mol. The van der Waals surface area contributed by atoms with Crippen molar-refractivity contribution in [2.45, 2.75) is 45.6 Å². The Labute approximate surface area is 132 Å². The van der Waals surface area contributed by atoms with E-state index in [0.29, 0.717) is 22.0 Å². The summed E-state index contributed by atoms with van der Waals surface area (Å²) < 4.78 is 0. The van der Waals surface area contributed by atoms with Crippen LogP contribution < -0.4 is 5.32 Å². The van der Waals surface area contributed by atoms with Crippen LogP contribution in [-0.4, -0.2) is 30.9 Å². The molecule has 1 amide bonds. The number of amides is 1. The van der Waals surface area contributed by atoms with Crippen molar-refractivity contribution < 1.29 is 4.79 Å². The van der Waals surface area contributed by atoms with Crippen LogP contribution in [0.15, 0.2) is 18.2 Å². The van der Waals surface area contributed by atoms with E-state index in [2.05, 4.69) is 19.2 Å². The highest BCUT2D eigenvalue weighted by Crippen LogP contribution is 2.37. The van der Waals surface area contributed by atoms with E-state index in [4.69, 9.17) is 11.6 Å². The molecule has 21 heavy (non-hydrogen) atoms. The van der Waals surface area contributed by atoms with E-state index in [0.717, 1.165) is 18.5 Å². The predicted octanol–water partition coefficient (Wildman–Crippen LogP) is 4.42. The van der Waals surface area contributed by atoms with Gasteiger partial charge in [-0.1, -0.05) is 31.9 Å². The average Bonchev–Trinajstić information content (AvgIpc) is 2.39. The third-order valence-corrected chi connectivity index (χ3v) is 4.51. The Balaban J connectivity index is 2.16. The lowest BCUT2D eigenvalue weighted by atomic mass is 9.75. The van der Waals surface area contributed by atoms with Crippen molar-refractivity contribution in [3.05, 3.63) is 28.8 Å². The number of carbonyl (C=O) groups is 1. The number of benzene rings is 1. The quantitative estimate of drug-likeness (QED) is 0.896. The van der Waals surface area contributed by atoms with Gasteiger partial charge in [-0.15, -0.1) is 0 Å². The molecule has 1 atom stereocenters. The molecule has 116 valence electrons. The minimum Gasteiger partial charge on any atom is -0.381 e. The molecule has 3 nitrogen and oxygen atoms in total. The molecule has 2 rings (SSSR count). The van der Waals surface area contributed by atoms with E-state index >= 15 is 0 Å². The molecule has 0 bridgehead atoms. The van der Waals surface area contributed by atoms with Gasteiger partial charge in [0.25, 0.3) is 5.91 Å². The molecule has 0 heterocycles. The second-order valence-corrected chi connectivity index (χ2v) is 7.40. The standard InChI is InChI=1S/C17H25ClN2O/c1-17(2)9-5-6-13(11-17)19-15-10-12(7-8-14(15)18)16(21)20(3)4/h7-8,10,13,19H,5-6,9,11H2,1-4H3. The fourth-order valence-corrected chi connectivity index (χ4v) is 3.24. The molecule has 0 saturated heterocycles. The van der Waals surface area contributed by atoms with E-state index in [1.165, 1.54) is 12.8 Å². The number of rotatable bonds is 3. The molecule has 1 saturated carbocycles. The molecule has 0 aromatic heterocycles. The van der Waals surface area contributed by atoms with Crippen molar-refractivity contribution in [2.24, 2.45) is 5.41 Å². The fourth-order valence-electron chi connectivity index (χ4n) is 3.07. The van der Waals surface area contributed by atoms with Gasteiger partial charge in [-0.25, -0.2) is 0 Å². The summed E-state index contributed by atoms with van der Waals surface area (Å²) in [5.74, 6) is -0.00121. The summed E-state index contributed by atoms with van der Waals surface area (Å²) in [7, 11) is 3.52. The smallest absolute Gasteiger partial charge is 0.253 e. The van der Waals surface area contributed by atoms with Crippen LogP contribution in [0.5, 0.6) is 0 Å². The third-order valence-electron chi connectivity index (χ3n) is 4.18. The summed E-state index contributed by atoms with van der Waals surface area (Å²) in [4.78, 5) is 13.6. The molecule has 1 aromatic carbocycles. The van der Waals surface area contributed by atoms with Crippen LogP contribution in [0.25, 0.3) is 0 Å². The van der Waals surface area contributed by atoms with Gasteiger partial charge in [0.2, 0.25) is 0 Å². The molecule has 1 aromatic rings. The maximum Gasteiger partial charge on any atom is 0.253 e. The van der Waals surface area contributed by atoms with Gasteiger partial charge in [0.05, 0.1) is 10.7 Å². The molecule has 1 aliphatic rings. The zero-order valence-electron chi connectivity index (χ0n) is 13.4. The van der Waals surface area contributed by atoms with Crippen molar-refractivity contribution in [2.75, 3.05) is 19.4 Å². The van der Waals surface area contributed by atoms with Crippen molar-refractivity contribution >= 4 is 23.2 Å². The van der Waals surface area contributed by atoms with Crippen LogP contribution in [0, 0.1) is 5.41 Å². The van der Waals surface area contributed by atoms with Gasteiger partial charge < -0.3 is 10.2 Å². The molecule has 1 aliphatic carbocycles. The largest absolute Gasteiger partial charge is 0.381 e. The van der Waals surface area contributed by atoms with Gasteiger partial charge >= 0.3 is 0 Å². The number of nitrogens with zero attached hydrogens (tertiary/aromatic N) is 1. The molecule has 0 aliphatic heterocycles. The lowest BCUT2D eigenvalue weighted by molar-refractivity contribution is 0.0827. The Morgan fingerprint density at radius 2 is 2.10 bits per heavy atom. The van der Waals surface area contributed by atoms with Crippen LogP contribution in [0.2, 0.25) is 5.02 Å². The predicted molar refractivity (Wildman–Crippen MR) is 89.1 cm³/mol. The van der Waals surface area contributed by atoms with E-state index in [9.17, 15) is 4.79 Å². The van der Waals surface area contributed by atoms with Gasteiger partial charge in [-0.2, -0.15) is 0 Å². The van der Waals surface area contributed by atoms with E-state index < -0.39 is 0 Å². The number of hydrogen-bond acceptors (Lipinski definition) is 2. The summed E-state index contributed by atoms with van der Waals surface area (Å²) >= 11 is 6.28. The maximum atomic E-state index is 12.1. The van der Waals surface area contributed by atoms with Crippen molar-refractivity contribution in [1.29, 1.82) is 0 Å². The first-order valence-corrected chi connectivity index (χ1v) is 7.94. The van der Waals surface area contributed by atoms with Gasteiger partial charge in [-0.3, -0.25) is 4.79 Å². The highest BCUT2D eigenvalue weighted by atomic mass is 35.5. The summed E-state index contributed by atoms with van der Waals surface area (Å²) in [6, 6.07) is 5.87. The molecule has 0 spiro atoms. The minimum absolute atomic E-state index is 0.00121. The molecular formula is C17H25ClN2O. The molecule has 1 unspecified atom stereocenters. The lowest BCUT2D eigenvalue weighted by Gasteiger charge is -2.36. The van der Waals surface area contributed by atoms with Gasteiger partial charge in [0.1, 0.15) is 0 Å². The van der Waals surface area contributed by atoms with Crippen molar-refractivity contribution in [3.63, 3.8) is 0 Å². The highest BCUT2D eigenvalue weighted by Gasteiger charge is 2.28. The normalized spacial score (nSPS) is 20.9. The number of carbonyl (C=O) groups excluding carboxylic acids is 1. The summed E-state index contributed by atoms with van der Waals surface area (Å²) in [6.07, 6.45) is 4.80. The number of anilines is 1. The zero-order chi connectivity index (χ0) is 15.6. The third kappa shape index (κ3) is 4.13. The first-order chi connectivity index (χ1) is 9.78. The maximum absolute atomic E-state index is 12.1. The molecular weight excluding hydrogens is 284 g/mol. The zero-order valence-corrected chi connectivity index (χ0v) is 14.1. The SMILES string of the molecule is CN(C)C(=O)c1ccc(Cl)c(NC2CCCC(C)(C)C2)c1. The molecule has 1 N–H and O–H groups in total. The monoisotopic (exact) mass is 308 g/mol. The van der Waals surface area contributed by atoms with E-state index in [1.807, 2.05) is 6.07 Å². The Morgan fingerprint density at radius 3 is 2.71 bits per heavy atom. The van der Waals surface area contributed by atoms with Gasteiger partial charge in [-0.05, 0) is 42.9 Å².